The van der Waals surface area contributed by atoms with Crippen LogP contribution < -0.4 is 0 Å². The summed E-state index contributed by atoms with van der Waals surface area (Å²) in [4.78, 5) is 21.2. The third kappa shape index (κ3) is 2.86. The topological polar surface area (TPSA) is 43.4 Å². The van der Waals surface area contributed by atoms with Crippen LogP contribution in [0.2, 0.25) is 0 Å². The molecule has 1 atom stereocenters. The highest BCUT2D eigenvalue weighted by molar-refractivity contribution is 5.78. The van der Waals surface area contributed by atoms with Gasteiger partial charge < -0.3 is 4.74 Å². The summed E-state index contributed by atoms with van der Waals surface area (Å²) in [5.41, 5.74) is 0.682. The van der Waals surface area contributed by atoms with Crippen molar-refractivity contribution < 1.29 is 14.3 Å². The van der Waals surface area contributed by atoms with E-state index < -0.39 is 0 Å². The number of aldehydes is 1. The Hall–Kier alpha value is -1.38. The summed E-state index contributed by atoms with van der Waals surface area (Å²) in [5.74, 6) is -0.0336. The highest BCUT2D eigenvalue weighted by Crippen LogP contribution is 2.18. The first-order valence-corrected chi connectivity index (χ1v) is 4.16. The predicted octanol–water partition coefficient (Wildman–Crippen LogP) is 1.25. The molecule has 0 saturated heterocycles. The van der Waals surface area contributed by atoms with E-state index in [1.54, 1.807) is 6.08 Å². The van der Waals surface area contributed by atoms with Crippen molar-refractivity contribution in [3.05, 3.63) is 23.8 Å². The maximum Gasteiger partial charge on any atom is 0.306 e. The maximum atomic E-state index is 10.9. The monoisotopic (exact) mass is 180 g/mol. The molecule has 1 unspecified atom stereocenters. The van der Waals surface area contributed by atoms with Gasteiger partial charge in [0.25, 0.3) is 0 Å². The Morgan fingerprint density at radius 1 is 1.77 bits per heavy atom. The smallest absolute Gasteiger partial charge is 0.306 e. The lowest BCUT2D eigenvalue weighted by Gasteiger charge is -2.12. The zero-order chi connectivity index (χ0) is 9.68. The summed E-state index contributed by atoms with van der Waals surface area (Å²) >= 11 is 0. The fraction of sp³-hybridized carbons (Fsp3) is 0.400. The minimum atomic E-state index is -0.211. The Labute approximate surface area is 77.1 Å². The quantitative estimate of drug-likeness (QED) is 0.485. The number of carbonyl (C=O) groups excluding carboxylic acids is 2. The molecule has 0 N–H and O–H groups in total. The normalized spacial score (nSPS) is 20.7. The molecule has 0 bridgehead atoms. The van der Waals surface area contributed by atoms with E-state index in [2.05, 4.69) is 4.74 Å². The summed E-state index contributed by atoms with van der Waals surface area (Å²) in [6.45, 7) is 0. The Morgan fingerprint density at radius 3 is 3.00 bits per heavy atom. The fourth-order valence-corrected chi connectivity index (χ4v) is 1.22. The van der Waals surface area contributed by atoms with Crippen molar-refractivity contribution in [2.45, 2.75) is 12.8 Å². The molecule has 1 rings (SSSR count). The van der Waals surface area contributed by atoms with Crippen LogP contribution in [-0.2, 0) is 14.3 Å². The number of hydrogen-bond donors (Lipinski definition) is 0. The number of rotatable bonds is 3. The second-order valence-corrected chi connectivity index (χ2v) is 2.96. The van der Waals surface area contributed by atoms with Crippen molar-refractivity contribution in [2.24, 2.45) is 5.92 Å². The van der Waals surface area contributed by atoms with E-state index in [4.69, 9.17) is 0 Å². The molecular weight excluding hydrogens is 168 g/mol. The Morgan fingerprint density at radius 2 is 2.54 bits per heavy atom. The molecule has 3 nitrogen and oxygen atoms in total. The van der Waals surface area contributed by atoms with Crippen LogP contribution in [0.15, 0.2) is 23.8 Å². The minimum absolute atomic E-state index is 0.177. The number of methoxy groups -OCH3 is 1. The van der Waals surface area contributed by atoms with Crippen LogP contribution in [0.5, 0.6) is 0 Å². The van der Waals surface area contributed by atoms with Crippen molar-refractivity contribution in [1.29, 1.82) is 0 Å². The predicted molar refractivity (Wildman–Crippen MR) is 48.0 cm³/mol. The van der Waals surface area contributed by atoms with Gasteiger partial charge in [0.15, 0.2) is 0 Å². The van der Waals surface area contributed by atoms with Gasteiger partial charge in [0.2, 0.25) is 0 Å². The first-order chi connectivity index (χ1) is 6.26. The molecular formula is C10H12O3. The second-order valence-electron chi connectivity index (χ2n) is 2.96. The van der Waals surface area contributed by atoms with E-state index in [9.17, 15) is 9.59 Å². The van der Waals surface area contributed by atoms with Crippen LogP contribution in [0, 0.1) is 5.92 Å². The third-order valence-electron chi connectivity index (χ3n) is 2.01. The zero-order valence-corrected chi connectivity index (χ0v) is 7.53. The van der Waals surface area contributed by atoms with Crippen molar-refractivity contribution in [3.8, 4) is 0 Å². The Bertz CT molecular complexity index is 263. The highest BCUT2D eigenvalue weighted by atomic mass is 16.5. The summed E-state index contributed by atoms with van der Waals surface area (Å²) in [7, 11) is 1.38. The molecule has 0 amide bonds. The van der Waals surface area contributed by atoms with E-state index in [1.807, 2.05) is 12.2 Å². The van der Waals surface area contributed by atoms with Gasteiger partial charge in [0, 0.05) is 5.57 Å². The summed E-state index contributed by atoms with van der Waals surface area (Å²) < 4.78 is 4.54. The van der Waals surface area contributed by atoms with Gasteiger partial charge in [0.1, 0.15) is 6.29 Å². The van der Waals surface area contributed by atoms with Crippen LogP contribution in [0.4, 0.5) is 0 Å². The summed E-state index contributed by atoms with van der Waals surface area (Å²) in [5, 5.41) is 0. The van der Waals surface area contributed by atoms with Gasteiger partial charge in [-0.3, -0.25) is 9.59 Å². The van der Waals surface area contributed by atoms with Gasteiger partial charge in [-0.25, -0.2) is 0 Å². The van der Waals surface area contributed by atoms with E-state index in [0.717, 1.165) is 12.7 Å². The Balaban J connectivity index is 2.43. The molecule has 0 spiro atoms. The van der Waals surface area contributed by atoms with E-state index in [0.29, 0.717) is 12.0 Å². The Kier molecular flexibility index (Phi) is 3.43. The molecule has 70 valence electrons. The van der Waals surface area contributed by atoms with Crippen LogP contribution in [-0.4, -0.2) is 19.4 Å². The molecule has 3 heteroatoms. The first kappa shape index (κ1) is 9.71. The number of carbonyl (C=O) groups is 2. The van der Waals surface area contributed by atoms with Gasteiger partial charge in [-0.1, -0.05) is 18.2 Å². The minimum Gasteiger partial charge on any atom is -0.469 e. The van der Waals surface area contributed by atoms with Crippen LogP contribution in [0.25, 0.3) is 0 Å². The SMILES string of the molecule is COC(=O)CC1C=CC(C=O)=CC1. The summed E-state index contributed by atoms with van der Waals surface area (Å²) in [6.07, 6.45) is 7.38. The average molecular weight is 180 g/mol. The lowest BCUT2D eigenvalue weighted by atomic mass is 9.94. The van der Waals surface area contributed by atoms with E-state index in [-0.39, 0.29) is 11.9 Å². The third-order valence-corrected chi connectivity index (χ3v) is 2.01. The molecule has 0 radical (unpaired) electrons. The highest BCUT2D eigenvalue weighted by Gasteiger charge is 2.12. The lowest BCUT2D eigenvalue weighted by molar-refractivity contribution is -0.141. The largest absolute Gasteiger partial charge is 0.469 e. The summed E-state index contributed by atoms with van der Waals surface area (Å²) in [6, 6.07) is 0. The van der Waals surface area contributed by atoms with Crippen molar-refractivity contribution >= 4 is 12.3 Å². The molecule has 1 aliphatic carbocycles. The molecule has 0 saturated carbocycles. The second kappa shape index (κ2) is 4.60. The maximum absolute atomic E-state index is 10.9. The first-order valence-electron chi connectivity index (χ1n) is 4.16. The molecule has 13 heavy (non-hydrogen) atoms. The standard InChI is InChI=1S/C10H12O3/c1-13-10(12)6-8-2-4-9(7-11)5-3-8/h2,4-5,7-8H,3,6H2,1H3. The molecule has 0 aliphatic heterocycles. The van der Waals surface area contributed by atoms with E-state index >= 15 is 0 Å². The molecule has 0 aromatic heterocycles. The van der Waals surface area contributed by atoms with Crippen molar-refractivity contribution in [2.75, 3.05) is 7.11 Å². The molecule has 0 aromatic carbocycles. The van der Waals surface area contributed by atoms with Crippen molar-refractivity contribution in [3.63, 3.8) is 0 Å². The van der Waals surface area contributed by atoms with Gasteiger partial charge in [-0.15, -0.1) is 0 Å². The van der Waals surface area contributed by atoms with Crippen molar-refractivity contribution in [1.82, 2.24) is 0 Å². The molecule has 0 heterocycles. The number of esters is 1. The van der Waals surface area contributed by atoms with Gasteiger partial charge in [-0.2, -0.15) is 0 Å². The van der Waals surface area contributed by atoms with Crippen LogP contribution in [0.1, 0.15) is 12.8 Å². The van der Waals surface area contributed by atoms with Gasteiger partial charge >= 0.3 is 5.97 Å². The van der Waals surface area contributed by atoms with E-state index in [1.165, 1.54) is 7.11 Å². The van der Waals surface area contributed by atoms with Crippen LogP contribution >= 0.6 is 0 Å². The average Bonchev–Trinajstić information content (AvgIpc) is 2.19. The fourth-order valence-electron chi connectivity index (χ4n) is 1.22. The molecule has 1 aliphatic rings. The zero-order valence-electron chi connectivity index (χ0n) is 7.53. The number of hydrogen-bond acceptors (Lipinski definition) is 3. The molecule has 0 fully saturated rings. The number of allylic oxidation sites excluding steroid dienone is 4. The van der Waals surface area contributed by atoms with Gasteiger partial charge in [-0.05, 0) is 12.3 Å². The van der Waals surface area contributed by atoms with Gasteiger partial charge in [0.05, 0.1) is 13.5 Å². The molecule has 0 aromatic rings. The van der Waals surface area contributed by atoms with Crippen LogP contribution in [0.3, 0.4) is 0 Å². The number of ether oxygens (including phenoxy) is 1. The lowest BCUT2D eigenvalue weighted by Crippen LogP contribution is -2.09.